The van der Waals surface area contributed by atoms with E-state index in [4.69, 9.17) is 9.47 Å². The molecule has 0 radical (unpaired) electrons. The number of nitro benzene ring substituents is 1. The molecule has 0 fully saturated rings. The largest absolute Gasteiger partial charge is 0.493 e. The van der Waals surface area contributed by atoms with Crippen LogP contribution in [0.2, 0.25) is 0 Å². The fourth-order valence-corrected chi connectivity index (χ4v) is 5.16. The number of carbonyl (C=O) groups excluding carboxylic acids is 1. The topological polar surface area (TPSA) is 119 Å². The SMILES string of the molecule is COc1ccc(C2C3=C(CC(C)(C)CC3=O)Nc3n[nH]c(-c4cccc([N+](=O)[O-])c4)c32)cc1OC. The number of aromatic amines is 1. The number of Topliss-reactive ketones (excluding diaryl/α,β-unsaturated/α-hetero) is 1. The van der Waals surface area contributed by atoms with Gasteiger partial charge in [0.25, 0.3) is 5.69 Å². The Morgan fingerprint density at radius 1 is 1.09 bits per heavy atom. The summed E-state index contributed by atoms with van der Waals surface area (Å²) in [5, 5.41) is 22.4. The van der Waals surface area contributed by atoms with Gasteiger partial charge in [0.2, 0.25) is 0 Å². The molecule has 2 aliphatic rings. The molecule has 2 heterocycles. The number of ether oxygens (including phenoxy) is 2. The average Bonchev–Trinajstić information content (AvgIpc) is 3.25. The zero-order valence-electron chi connectivity index (χ0n) is 20.0. The number of methoxy groups -OCH3 is 2. The van der Waals surface area contributed by atoms with Gasteiger partial charge in [-0.25, -0.2) is 0 Å². The number of allylic oxidation sites excluding steroid dienone is 2. The summed E-state index contributed by atoms with van der Waals surface area (Å²) >= 11 is 0. The molecule has 1 aromatic heterocycles. The van der Waals surface area contributed by atoms with Crippen LogP contribution in [0, 0.1) is 15.5 Å². The third-order valence-electron chi connectivity index (χ3n) is 6.66. The van der Waals surface area contributed by atoms with Gasteiger partial charge < -0.3 is 14.8 Å². The van der Waals surface area contributed by atoms with Crippen LogP contribution in [-0.4, -0.2) is 35.1 Å². The van der Waals surface area contributed by atoms with Crippen molar-refractivity contribution in [2.45, 2.75) is 32.6 Å². The second-order valence-corrected chi connectivity index (χ2v) is 9.67. The normalized spacial score (nSPS) is 18.4. The van der Waals surface area contributed by atoms with Gasteiger partial charge in [0.1, 0.15) is 0 Å². The monoisotopic (exact) mass is 474 g/mol. The maximum Gasteiger partial charge on any atom is 0.270 e. The molecule has 35 heavy (non-hydrogen) atoms. The lowest BCUT2D eigenvalue weighted by Crippen LogP contribution is -2.33. The van der Waals surface area contributed by atoms with Crippen LogP contribution in [0.4, 0.5) is 11.5 Å². The summed E-state index contributed by atoms with van der Waals surface area (Å²) in [6.45, 7) is 4.16. The number of fused-ring (bicyclic) bond motifs is 1. The molecule has 2 N–H and O–H groups in total. The Labute approximate surface area is 202 Å². The molecule has 0 saturated carbocycles. The van der Waals surface area contributed by atoms with Crippen LogP contribution in [0.25, 0.3) is 11.3 Å². The molecule has 0 bridgehead atoms. The smallest absolute Gasteiger partial charge is 0.270 e. The van der Waals surface area contributed by atoms with Gasteiger partial charge in [-0.05, 0) is 29.5 Å². The molecule has 1 unspecified atom stereocenters. The molecule has 9 nitrogen and oxygen atoms in total. The number of hydrogen-bond acceptors (Lipinski definition) is 7. The minimum atomic E-state index is -0.433. The summed E-state index contributed by atoms with van der Waals surface area (Å²) in [6, 6.07) is 12.0. The lowest BCUT2D eigenvalue weighted by atomic mass is 9.69. The van der Waals surface area contributed by atoms with E-state index in [9.17, 15) is 14.9 Å². The number of nitro groups is 1. The van der Waals surface area contributed by atoms with Crippen molar-refractivity contribution in [1.82, 2.24) is 10.2 Å². The third-order valence-corrected chi connectivity index (χ3v) is 6.66. The van der Waals surface area contributed by atoms with Gasteiger partial charge in [-0.1, -0.05) is 32.0 Å². The number of H-pyrrole nitrogens is 1. The van der Waals surface area contributed by atoms with Crippen LogP contribution in [-0.2, 0) is 4.79 Å². The third kappa shape index (κ3) is 3.82. The Kier molecular flexibility index (Phi) is 5.35. The molecule has 1 atom stereocenters. The Morgan fingerprint density at radius 3 is 2.57 bits per heavy atom. The Balaban J connectivity index is 1.74. The summed E-state index contributed by atoms with van der Waals surface area (Å²) in [7, 11) is 3.14. The number of non-ortho nitro benzene ring substituents is 1. The maximum atomic E-state index is 13.6. The van der Waals surface area contributed by atoms with Gasteiger partial charge in [0, 0.05) is 46.9 Å². The predicted molar refractivity (Wildman–Crippen MR) is 131 cm³/mol. The zero-order valence-corrected chi connectivity index (χ0v) is 20.0. The molecule has 2 aromatic carbocycles. The van der Waals surface area contributed by atoms with E-state index in [-0.39, 0.29) is 16.9 Å². The first-order valence-corrected chi connectivity index (χ1v) is 11.3. The Hall–Kier alpha value is -4.14. The lowest BCUT2D eigenvalue weighted by molar-refractivity contribution is -0.384. The molecule has 1 aliphatic heterocycles. The van der Waals surface area contributed by atoms with Crippen molar-refractivity contribution in [3.8, 4) is 22.8 Å². The number of benzene rings is 2. The highest BCUT2D eigenvalue weighted by Gasteiger charge is 2.43. The number of ketones is 1. The fraction of sp³-hybridized carbons (Fsp3) is 0.308. The van der Waals surface area contributed by atoms with E-state index in [1.54, 1.807) is 26.4 Å². The van der Waals surface area contributed by atoms with Crippen LogP contribution in [0.5, 0.6) is 11.5 Å². The number of hydrogen-bond donors (Lipinski definition) is 2. The minimum Gasteiger partial charge on any atom is -0.493 e. The van der Waals surface area contributed by atoms with Crippen molar-refractivity contribution < 1.29 is 19.2 Å². The zero-order chi connectivity index (χ0) is 24.9. The minimum absolute atomic E-state index is 0.0207. The number of aromatic nitrogens is 2. The van der Waals surface area contributed by atoms with Crippen molar-refractivity contribution in [2.24, 2.45) is 5.41 Å². The van der Waals surface area contributed by atoms with E-state index in [0.717, 1.165) is 16.8 Å². The van der Waals surface area contributed by atoms with E-state index in [2.05, 4.69) is 29.4 Å². The molecule has 180 valence electrons. The van der Waals surface area contributed by atoms with Crippen LogP contribution in [0.3, 0.4) is 0 Å². The quantitative estimate of drug-likeness (QED) is 0.385. The maximum absolute atomic E-state index is 13.6. The highest BCUT2D eigenvalue weighted by atomic mass is 16.6. The molecule has 0 amide bonds. The van der Waals surface area contributed by atoms with Gasteiger partial charge in [-0.3, -0.25) is 20.0 Å². The van der Waals surface area contributed by atoms with Gasteiger partial charge in [0.05, 0.1) is 24.8 Å². The van der Waals surface area contributed by atoms with Gasteiger partial charge in [-0.2, -0.15) is 5.10 Å². The molecular weight excluding hydrogens is 448 g/mol. The molecule has 9 heteroatoms. The van der Waals surface area contributed by atoms with Crippen LogP contribution >= 0.6 is 0 Å². The second-order valence-electron chi connectivity index (χ2n) is 9.67. The average molecular weight is 475 g/mol. The van der Waals surface area contributed by atoms with Crippen LogP contribution < -0.4 is 14.8 Å². The highest BCUT2D eigenvalue weighted by Crippen LogP contribution is 2.51. The van der Waals surface area contributed by atoms with E-state index in [1.807, 2.05) is 18.2 Å². The summed E-state index contributed by atoms with van der Waals surface area (Å²) < 4.78 is 11.0. The van der Waals surface area contributed by atoms with E-state index < -0.39 is 10.8 Å². The van der Waals surface area contributed by atoms with Crippen molar-refractivity contribution in [3.63, 3.8) is 0 Å². The number of nitrogens with one attached hydrogen (secondary N) is 2. The number of nitrogens with zero attached hydrogens (tertiary/aromatic N) is 2. The van der Waals surface area contributed by atoms with E-state index in [0.29, 0.717) is 47.0 Å². The first-order chi connectivity index (χ1) is 16.7. The molecular formula is C26H26N4O5. The molecule has 0 saturated heterocycles. The Morgan fingerprint density at radius 2 is 1.86 bits per heavy atom. The van der Waals surface area contributed by atoms with Crippen LogP contribution in [0.1, 0.15) is 43.7 Å². The van der Waals surface area contributed by atoms with Crippen LogP contribution in [0.15, 0.2) is 53.7 Å². The Bertz CT molecular complexity index is 1390. The number of anilines is 1. The summed E-state index contributed by atoms with van der Waals surface area (Å²) in [4.78, 5) is 24.5. The summed E-state index contributed by atoms with van der Waals surface area (Å²) in [6.07, 6.45) is 1.13. The number of carbonyl (C=O) groups is 1. The number of rotatable bonds is 5. The predicted octanol–water partition coefficient (Wildman–Crippen LogP) is 5.20. The van der Waals surface area contributed by atoms with E-state index in [1.165, 1.54) is 12.1 Å². The highest BCUT2D eigenvalue weighted by molar-refractivity contribution is 6.02. The molecule has 3 aromatic rings. The fourth-order valence-electron chi connectivity index (χ4n) is 5.16. The standard InChI is InChI=1S/C26H26N4O5/c1-26(2)12-17-22(18(31)13-26)21(14-8-9-19(34-3)20(11-14)35-4)23-24(28-29-25(23)27-17)15-6-5-7-16(10-15)30(32)33/h5-11,21H,12-13H2,1-4H3,(H2,27,28,29). The first-order valence-electron chi connectivity index (χ1n) is 11.3. The molecule has 1 aliphatic carbocycles. The van der Waals surface area contributed by atoms with E-state index >= 15 is 0 Å². The molecule has 0 spiro atoms. The van der Waals surface area contributed by atoms with Crippen molar-refractivity contribution >= 4 is 17.3 Å². The second kappa shape index (κ2) is 8.26. The first kappa shape index (κ1) is 22.6. The lowest BCUT2D eigenvalue weighted by Gasteiger charge is -2.38. The van der Waals surface area contributed by atoms with Crippen molar-refractivity contribution in [3.05, 3.63) is 75.0 Å². The van der Waals surface area contributed by atoms with Gasteiger partial charge in [-0.15, -0.1) is 0 Å². The van der Waals surface area contributed by atoms with Gasteiger partial charge in [0.15, 0.2) is 23.1 Å². The summed E-state index contributed by atoms with van der Waals surface area (Å²) in [5.74, 6) is 1.38. The van der Waals surface area contributed by atoms with Crippen molar-refractivity contribution in [2.75, 3.05) is 19.5 Å². The molecule has 5 rings (SSSR count). The summed E-state index contributed by atoms with van der Waals surface area (Å²) in [5.41, 5.74) is 4.21. The van der Waals surface area contributed by atoms with Crippen molar-refractivity contribution in [1.29, 1.82) is 0 Å². The van der Waals surface area contributed by atoms with Gasteiger partial charge >= 0.3 is 0 Å².